The summed E-state index contributed by atoms with van der Waals surface area (Å²) >= 11 is 6.08. The average Bonchev–Trinajstić information content (AvgIpc) is 2.53. The van der Waals surface area contributed by atoms with Gasteiger partial charge in [0.15, 0.2) is 0 Å². The van der Waals surface area contributed by atoms with Crippen LogP contribution in [0.5, 0.6) is 0 Å². The third-order valence-electron chi connectivity index (χ3n) is 2.77. The van der Waals surface area contributed by atoms with Gasteiger partial charge < -0.3 is 20.3 Å². The lowest BCUT2D eigenvalue weighted by molar-refractivity contribution is 0.163. The molecule has 7 nitrogen and oxygen atoms in total. The SMILES string of the molecule is CCOC(=O)N=CN(C)C.CNC(=O)Nc1ccc(C(C)C)c(Cl)c1. The standard InChI is InChI=1S/C11H15ClN2O.C6H12N2O2/c1-7(2)9-5-4-8(6-10(9)12)14-11(15)13-3;1-4-10-6(9)7-5-8(2)3/h4-7H,1-3H3,(H2,13,14,15);5H,4H2,1-3H3. The molecule has 0 bridgehead atoms. The van der Waals surface area contributed by atoms with Gasteiger partial charge in [0, 0.05) is 31.9 Å². The molecular weight excluding hydrogens is 344 g/mol. The number of urea groups is 1. The molecule has 0 unspecified atom stereocenters. The molecule has 0 aliphatic carbocycles. The van der Waals surface area contributed by atoms with Crippen LogP contribution in [0.4, 0.5) is 15.3 Å². The zero-order valence-electron chi connectivity index (χ0n) is 15.6. The summed E-state index contributed by atoms with van der Waals surface area (Å²) in [6, 6.07) is 5.28. The van der Waals surface area contributed by atoms with Crippen LogP contribution in [-0.2, 0) is 4.74 Å². The van der Waals surface area contributed by atoms with Crippen molar-refractivity contribution in [2.75, 3.05) is 33.1 Å². The van der Waals surface area contributed by atoms with Crippen LogP contribution < -0.4 is 10.6 Å². The van der Waals surface area contributed by atoms with Gasteiger partial charge in [-0.25, -0.2) is 9.59 Å². The van der Waals surface area contributed by atoms with Crippen LogP contribution in [0.3, 0.4) is 0 Å². The van der Waals surface area contributed by atoms with Crippen molar-refractivity contribution in [1.82, 2.24) is 10.2 Å². The largest absolute Gasteiger partial charge is 0.448 e. The third-order valence-corrected chi connectivity index (χ3v) is 3.10. The molecule has 0 aliphatic heterocycles. The number of anilines is 1. The predicted molar refractivity (Wildman–Crippen MR) is 103 cm³/mol. The van der Waals surface area contributed by atoms with E-state index >= 15 is 0 Å². The maximum absolute atomic E-state index is 11.0. The van der Waals surface area contributed by atoms with E-state index in [-0.39, 0.29) is 6.03 Å². The number of halogens is 1. The van der Waals surface area contributed by atoms with Gasteiger partial charge in [-0.1, -0.05) is 31.5 Å². The van der Waals surface area contributed by atoms with Crippen molar-refractivity contribution in [1.29, 1.82) is 0 Å². The minimum absolute atomic E-state index is 0.247. The molecule has 2 N–H and O–H groups in total. The third kappa shape index (κ3) is 10.2. The number of aliphatic imine (C=N–C) groups is 1. The number of nitrogens with zero attached hydrogens (tertiary/aromatic N) is 2. The first kappa shape index (κ1) is 22.7. The molecule has 0 fully saturated rings. The summed E-state index contributed by atoms with van der Waals surface area (Å²) in [5, 5.41) is 5.82. The second-order valence-corrected chi connectivity index (χ2v) is 5.91. The summed E-state index contributed by atoms with van der Waals surface area (Å²) < 4.78 is 4.53. The molecule has 1 rings (SSSR count). The van der Waals surface area contributed by atoms with Crippen LogP contribution >= 0.6 is 11.6 Å². The minimum atomic E-state index is -0.545. The Balaban J connectivity index is 0.000000504. The van der Waals surface area contributed by atoms with E-state index in [1.54, 1.807) is 39.0 Å². The fourth-order valence-electron chi connectivity index (χ4n) is 1.59. The Bertz CT molecular complexity index is 589. The highest BCUT2D eigenvalue weighted by atomic mass is 35.5. The highest BCUT2D eigenvalue weighted by Gasteiger charge is 2.06. The lowest BCUT2D eigenvalue weighted by atomic mass is 10.0. The Hall–Kier alpha value is -2.28. The summed E-state index contributed by atoms with van der Waals surface area (Å²) in [4.78, 5) is 26.7. The summed E-state index contributed by atoms with van der Waals surface area (Å²) in [6.07, 6.45) is 0.856. The minimum Gasteiger partial charge on any atom is -0.448 e. The molecule has 0 saturated carbocycles. The van der Waals surface area contributed by atoms with Gasteiger partial charge in [0.25, 0.3) is 0 Å². The molecule has 1 aromatic rings. The van der Waals surface area contributed by atoms with Gasteiger partial charge >= 0.3 is 12.1 Å². The van der Waals surface area contributed by atoms with Gasteiger partial charge in [-0.2, -0.15) is 4.99 Å². The molecule has 0 radical (unpaired) electrons. The van der Waals surface area contributed by atoms with Crippen molar-refractivity contribution in [2.45, 2.75) is 26.7 Å². The van der Waals surface area contributed by atoms with Gasteiger partial charge in [-0.05, 0) is 30.5 Å². The molecule has 3 amide bonds. The van der Waals surface area contributed by atoms with Gasteiger partial charge in [0.05, 0.1) is 12.9 Å². The molecule has 0 aromatic heterocycles. The number of rotatable bonds is 4. The summed E-state index contributed by atoms with van der Waals surface area (Å²) in [7, 11) is 5.13. The Labute approximate surface area is 154 Å². The van der Waals surface area contributed by atoms with Gasteiger partial charge in [-0.15, -0.1) is 0 Å². The Morgan fingerprint density at radius 2 is 2.00 bits per heavy atom. The quantitative estimate of drug-likeness (QED) is 0.621. The summed E-state index contributed by atoms with van der Waals surface area (Å²) in [5.41, 5.74) is 1.78. The van der Waals surface area contributed by atoms with Crippen molar-refractivity contribution in [2.24, 2.45) is 4.99 Å². The molecule has 0 spiro atoms. The van der Waals surface area contributed by atoms with Crippen LogP contribution in [0, 0.1) is 0 Å². The molecular formula is C17H27ClN4O3. The molecule has 0 saturated heterocycles. The molecule has 1 aromatic carbocycles. The van der Waals surface area contributed by atoms with Crippen molar-refractivity contribution >= 4 is 35.8 Å². The highest BCUT2D eigenvalue weighted by Crippen LogP contribution is 2.26. The number of amides is 3. The number of hydrogen-bond acceptors (Lipinski definition) is 3. The first-order valence-corrected chi connectivity index (χ1v) is 8.24. The lowest BCUT2D eigenvalue weighted by Crippen LogP contribution is -2.24. The van der Waals surface area contributed by atoms with Crippen LogP contribution in [0.25, 0.3) is 0 Å². The van der Waals surface area contributed by atoms with E-state index in [2.05, 4.69) is 34.2 Å². The molecule has 0 aliphatic rings. The normalized spacial score (nSPS) is 10.1. The first-order chi connectivity index (χ1) is 11.7. The van der Waals surface area contributed by atoms with Gasteiger partial charge in [0.2, 0.25) is 0 Å². The van der Waals surface area contributed by atoms with E-state index in [4.69, 9.17) is 11.6 Å². The number of nitrogens with one attached hydrogen (secondary N) is 2. The fourth-order valence-corrected chi connectivity index (χ4v) is 1.99. The summed E-state index contributed by atoms with van der Waals surface area (Å²) in [5.74, 6) is 0.381. The van der Waals surface area contributed by atoms with E-state index in [9.17, 15) is 9.59 Å². The fraction of sp³-hybridized carbons (Fsp3) is 0.471. The Kier molecular flexibility index (Phi) is 11.0. The van der Waals surface area contributed by atoms with Crippen LogP contribution in [0.1, 0.15) is 32.3 Å². The zero-order valence-corrected chi connectivity index (χ0v) is 16.3. The maximum atomic E-state index is 11.0. The van der Waals surface area contributed by atoms with E-state index in [1.807, 2.05) is 12.1 Å². The van der Waals surface area contributed by atoms with Crippen molar-refractivity contribution in [3.63, 3.8) is 0 Å². The van der Waals surface area contributed by atoms with Crippen molar-refractivity contribution in [3.05, 3.63) is 28.8 Å². The van der Waals surface area contributed by atoms with Crippen molar-refractivity contribution in [3.8, 4) is 0 Å². The van der Waals surface area contributed by atoms with Gasteiger partial charge in [0.1, 0.15) is 0 Å². The highest BCUT2D eigenvalue weighted by molar-refractivity contribution is 6.31. The summed E-state index contributed by atoms with van der Waals surface area (Å²) in [6.45, 7) is 6.26. The number of ether oxygens (including phenoxy) is 1. The average molecular weight is 371 g/mol. The van der Waals surface area contributed by atoms with Crippen LogP contribution in [-0.4, -0.2) is 51.1 Å². The molecule has 0 atom stereocenters. The topological polar surface area (TPSA) is 83.0 Å². The van der Waals surface area contributed by atoms with E-state index in [0.29, 0.717) is 23.2 Å². The molecule has 8 heteroatoms. The zero-order chi connectivity index (χ0) is 19.4. The second-order valence-electron chi connectivity index (χ2n) is 5.50. The number of carbonyl (C=O) groups excluding carboxylic acids is 2. The molecule has 140 valence electrons. The Morgan fingerprint density at radius 3 is 2.44 bits per heavy atom. The first-order valence-electron chi connectivity index (χ1n) is 7.86. The van der Waals surface area contributed by atoms with Crippen LogP contribution in [0.15, 0.2) is 23.2 Å². The van der Waals surface area contributed by atoms with Crippen molar-refractivity contribution < 1.29 is 14.3 Å². The number of benzene rings is 1. The monoisotopic (exact) mass is 370 g/mol. The molecule has 25 heavy (non-hydrogen) atoms. The second kappa shape index (κ2) is 12.1. The predicted octanol–water partition coefficient (Wildman–Crippen LogP) is 3.95. The van der Waals surface area contributed by atoms with Crippen LogP contribution in [0.2, 0.25) is 5.02 Å². The smallest absolute Gasteiger partial charge is 0.434 e. The molecule has 0 heterocycles. The van der Waals surface area contributed by atoms with E-state index < -0.39 is 6.09 Å². The Morgan fingerprint density at radius 1 is 1.36 bits per heavy atom. The number of hydrogen-bond donors (Lipinski definition) is 2. The van der Waals surface area contributed by atoms with E-state index in [1.165, 1.54) is 6.34 Å². The van der Waals surface area contributed by atoms with E-state index in [0.717, 1.165) is 5.56 Å². The maximum Gasteiger partial charge on any atom is 0.434 e. The van der Waals surface area contributed by atoms with Gasteiger partial charge in [-0.3, -0.25) is 0 Å². The lowest BCUT2D eigenvalue weighted by Gasteiger charge is -2.10. The number of carbonyl (C=O) groups is 2.